The molecule has 0 bridgehead atoms. The lowest BCUT2D eigenvalue weighted by atomic mass is 9.92. The first kappa shape index (κ1) is 61.8. The average molecular weight is 1300 g/mol. The molecule has 16 rings (SSSR count). The number of hydrogen-bond acceptors (Lipinski definition) is 1. The molecule has 0 unspecified atom stereocenters. The summed E-state index contributed by atoms with van der Waals surface area (Å²) in [6.45, 7) is 23.3. The molecule has 4 heterocycles. The maximum absolute atomic E-state index is 16.2. The molecule has 4 aromatic heterocycles. The number of para-hydroxylation sites is 4. The van der Waals surface area contributed by atoms with Crippen molar-refractivity contribution in [1.82, 2.24) is 18.3 Å². The van der Waals surface area contributed by atoms with Crippen LogP contribution in [0.4, 0.5) is 50.9 Å². The fourth-order valence-electron chi connectivity index (χ4n) is 14.4. The van der Waals surface area contributed by atoms with Gasteiger partial charge in [-0.25, -0.2) is 9.69 Å². The number of halogens is 9. The minimum atomic E-state index is -5.07. The van der Waals surface area contributed by atoms with E-state index in [9.17, 15) is 31.6 Å². The van der Waals surface area contributed by atoms with Gasteiger partial charge in [-0.15, -0.1) is 0 Å². The molecule has 0 radical (unpaired) electrons. The molecule has 0 aliphatic heterocycles. The van der Waals surface area contributed by atoms with E-state index >= 15 is 13.2 Å². The molecule has 12 aromatic carbocycles. The van der Waals surface area contributed by atoms with E-state index in [1.165, 1.54) is 34.9 Å². The maximum atomic E-state index is 16.2. The van der Waals surface area contributed by atoms with E-state index in [2.05, 4.69) is 27.9 Å². The molecule has 0 aliphatic carbocycles. The summed E-state index contributed by atoms with van der Waals surface area (Å²) >= 11 is 0. The topological polar surface area (TPSA) is 52.2 Å². The molecule has 0 amide bonds. The first-order valence-electron chi connectivity index (χ1n) is 31.1. The second kappa shape index (κ2) is 23.0. The Morgan fingerprint density at radius 3 is 1.00 bits per heavy atom. The molecule has 16 heteroatoms. The van der Waals surface area contributed by atoms with Crippen molar-refractivity contribution in [1.29, 1.82) is 5.26 Å². The molecule has 476 valence electrons. The van der Waals surface area contributed by atoms with Crippen LogP contribution in [-0.2, 0) is 18.5 Å². The van der Waals surface area contributed by atoms with Crippen molar-refractivity contribution in [3.05, 3.63) is 298 Å². The summed E-state index contributed by atoms with van der Waals surface area (Å²) in [7, 11) is 0. The van der Waals surface area contributed by atoms with Crippen LogP contribution in [0.25, 0.3) is 142 Å². The van der Waals surface area contributed by atoms with Gasteiger partial charge in [-0.05, 0) is 122 Å². The third-order valence-electron chi connectivity index (χ3n) is 18.4. The van der Waals surface area contributed by atoms with Crippen LogP contribution in [0.1, 0.15) is 44.5 Å². The molecule has 0 atom stereocenters. The zero-order chi connectivity index (χ0) is 68.4. The maximum Gasteiger partial charge on any atom is 0.420 e. The van der Waals surface area contributed by atoms with E-state index in [4.69, 9.17) is 13.1 Å². The standard InChI is InChI=1S/C41H25F6N3.C41H25F3N4/c1-23-15-17-27-25-9-4-6-13-32(25)49(35(27)21-23)34-20-19-29(37-30(40(42,43)44)11-8-12-31(37)48-3)39(38(34)41(45,46)47)50-33-14-7-5-10-26(33)28-18-16-24(2)22-36(28)50;1-24-15-17-28-26-9-4-6-13-34(26)47(37(28)21-24)36-20-19-30(39-32(41(42,43)44)11-8-12-33(39)46-3)40(31(36)23-45)48-35-14-7-5-10-27(35)29-18-16-25(2)22-38(29)48/h4-22H,1-2H3;4-22H,1-2H3. The third kappa shape index (κ3) is 9.79. The van der Waals surface area contributed by atoms with Crippen molar-refractivity contribution in [3.8, 4) is 51.1 Å². The molecule has 7 nitrogen and oxygen atoms in total. The predicted molar refractivity (Wildman–Crippen MR) is 372 cm³/mol. The number of alkyl halides is 9. The minimum absolute atomic E-state index is 0.146. The molecule has 0 saturated carbocycles. The van der Waals surface area contributed by atoms with Crippen LogP contribution in [0.5, 0.6) is 0 Å². The average Bonchev–Trinajstić information content (AvgIpc) is 1.44. The number of rotatable bonds is 6. The number of aryl methyl sites for hydroxylation is 4. The zero-order valence-electron chi connectivity index (χ0n) is 52.5. The van der Waals surface area contributed by atoms with Crippen molar-refractivity contribution in [2.75, 3.05) is 0 Å². The quantitative estimate of drug-likeness (QED) is 0.121. The Balaban J connectivity index is 0.000000160. The van der Waals surface area contributed by atoms with Gasteiger partial charge < -0.3 is 18.3 Å². The summed E-state index contributed by atoms with van der Waals surface area (Å²) in [6, 6.07) is 67.8. The van der Waals surface area contributed by atoms with Crippen LogP contribution < -0.4 is 0 Å². The van der Waals surface area contributed by atoms with Crippen molar-refractivity contribution in [2.24, 2.45) is 0 Å². The molecular formula is C82H50F9N7. The van der Waals surface area contributed by atoms with E-state index in [0.29, 0.717) is 38.5 Å². The van der Waals surface area contributed by atoms with Crippen molar-refractivity contribution in [3.63, 3.8) is 0 Å². The second-order valence-corrected chi connectivity index (χ2v) is 24.4. The Morgan fingerprint density at radius 1 is 0.327 bits per heavy atom. The number of nitrogens with zero attached hydrogens (tertiary/aromatic N) is 7. The summed E-state index contributed by atoms with van der Waals surface area (Å²) in [5.74, 6) is 0. The lowest BCUT2D eigenvalue weighted by Gasteiger charge is -2.26. The van der Waals surface area contributed by atoms with Crippen LogP contribution in [0.3, 0.4) is 0 Å². The van der Waals surface area contributed by atoms with Gasteiger partial charge in [0.15, 0.2) is 11.4 Å². The number of benzene rings is 12. The molecule has 0 spiro atoms. The fourth-order valence-corrected chi connectivity index (χ4v) is 14.4. The molecule has 0 saturated heterocycles. The molecular weight excluding hydrogens is 1250 g/mol. The number of aromatic nitrogens is 4. The molecule has 0 fully saturated rings. The van der Waals surface area contributed by atoms with Gasteiger partial charge in [-0.3, -0.25) is 0 Å². The Kier molecular flexibility index (Phi) is 14.5. The van der Waals surface area contributed by atoms with Gasteiger partial charge in [0.25, 0.3) is 0 Å². The monoisotopic (exact) mass is 1300 g/mol. The highest BCUT2D eigenvalue weighted by Crippen LogP contribution is 2.53. The zero-order valence-corrected chi connectivity index (χ0v) is 52.5. The van der Waals surface area contributed by atoms with Crippen molar-refractivity contribution in [2.45, 2.75) is 46.2 Å². The van der Waals surface area contributed by atoms with Gasteiger partial charge in [0.1, 0.15) is 17.2 Å². The predicted octanol–water partition coefficient (Wildman–Crippen LogP) is 24.4. The second-order valence-electron chi connectivity index (χ2n) is 24.4. The van der Waals surface area contributed by atoms with Crippen LogP contribution in [-0.4, -0.2) is 18.3 Å². The molecule has 98 heavy (non-hydrogen) atoms. The smallest absolute Gasteiger partial charge is 0.309 e. The summed E-state index contributed by atoms with van der Waals surface area (Å²) < 4.78 is 144. The lowest BCUT2D eigenvalue weighted by Crippen LogP contribution is -2.17. The Bertz CT molecular complexity index is 6190. The highest BCUT2D eigenvalue weighted by atomic mass is 19.4. The molecule has 0 N–H and O–H groups in total. The van der Waals surface area contributed by atoms with Gasteiger partial charge in [-0.1, -0.05) is 170 Å². The molecule has 16 aromatic rings. The van der Waals surface area contributed by atoms with Crippen molar-refractivity contribution >= 4 is 98.6 Å². The van der Waals surface area contributed by atoms with Crippen molar-refractivity contribution < 1.29 is 39.5 Å². The fraction of sp³-hybridized carbons (Fsp3) is 0.0854. The van der Waals surface area contributed by atoms with E-state index in [-0.39, 0.29) is 39.3 Å². The van der Waals surface area contributed by atoms with Gasteiger partial charge in [0.05, 0.1) is 91.2 Å². The van der Waals surface area contributed by atoms with Gasteiger partial charge in [-0.2, -0.15) is 44.8 Å². The van der Waals surface area contributed by atoms with Gasteiger partial charge >= 0.3 is 18.5 Å². The number of fused-ring (bicyclic) bond motifs is 12. The van der Waals surface area contributed by atoms with Crippen LogP contribution in [0.15, 0.2) is 231 Å². The molecule has 0 aliphatic rings. The number of hydrogen-bond donors (Lipinski definition) is 0. The van der Waals surface area contributed by atoms with Gasteiger partial charge in [0.2, 0.25) is 0 Å². The largest absolute Gasteiger partial charge is 0.420 e. The van der Waals surface area contributed by atoms with Crippen LogP contribution >= 0.6 is 0 Å². The Hall–Kier alpha value is -12.3. The summed E-state index contributed by atoms with van der Waals surface area (Å²) in [5, 5.41) is 17.7. The Labute approximate surface area is 554 Å². The first-order chi connectivity index (χ1) is 47.1. The third-order valence-corrected chi connectivity index (χ3v) is 18.4. The van der Waals surface area contributed by atoms with E-state index in [0.717, 1.165) is 94.8 Å². The van der Waals surface area contributed by atoms with E-state index in [1.54, 1.807) is 66.1 Å². The SMILES string of the molecule is [C-]#[N+]c1cccc(C(F)(F)F)c1-c1ccc(-n2c3ccccc3c3ccc(C)cc32)c(C#N)c1-n1c2ccccc2c2ccc(C)cc21.[C-]#[N+]c1cccc(C(F)(F)F)c1-c1ccc(-n2c3ccccc3c3ccc(C)cc32)c(C(F)(F)F)c1-n1c2ccccc2c2ccc(C)cc21. The van der Waals surface area contributed by atoms with Crippen LogP contribution in [0.2, 0.25) is 0 Å². The summed E-state index contributed by atoms with van der Waals surface area (Å²) in [4.78, 5) is 6.95. The highest BCUT2D eigenvalue weighted by molar-refractivity contribution is 6.14. The van der Waals surface area contributed by atoms with E-state index < -0.39 is 52.2 Å². The van der Waals surface area contributed by atoms with Crippen LogP contribution in [0, 0.1) is 52.2 Å². The van der Waals surface area contributed by atoms with E-state index in [1.807, 2.05) is 145 Å². The lowest BCUT2D eigenvalue weighted by molar-refractivity contribution is -0.138. The van der Waals surface area contributed by atoms with Gasteiger partial charge in [0, 0.05) is 54.2 Å². The number of nitriles is 1. The summed E-state index contributed by atoms with van der Waals surface area (Å²) in [5.41, 5.74) is 3.95. The normalized spacial score (nSPS) is 12.1. The first-order valence-corrected chi connectivity index (χ1v) is 31.1. The minimum Gasteiger partial charge on any atom is -0.309 e. The summed E-state index contributed by atoms with van der Waals surface area (Å²) in [6.07, 6.45) is -14.8. The highest BCUT2D eigenvalue weighted by Gasteiger charge is 2.43. The Morgan fingerprint density at radius 2 is 0.643 bits per heavy atom.